The lowest BCUT2D eigenvalue weighted by atomic mass is 10.2. The summed E-state index contributed by atoms with van der Waals surface area (Å²) < 4.78 is 13.9. The number of halogens is 1. The summed E-state index contributed by atoms with van der Waals surface area (Å²) in [5.74, 6) is -0.640. The smallest absolute Gasteiger partial charge is 0.252 e. The van der Waals surface area contributed by atoms with Crippen LogP contribution in [0.25, 0.3) is 23.1 Å². The maximum Gasteiger partial charge on any atom is 0.252 e. The second kappa shape index (κ2) is 10.5. The van der Waals surface area contributed by atoms with Crippen LogP contribution in [0.15, 0.2) is 64.5 Å². The van der Waals surface area contributed by atoms with Crippen LogP contribution in [0.1, 0.15) is 53.0 Å². The Morgan fingerprint density at radius 2 is 1.97 bits per heavy atom. The number of benzene rings is 2. The predicted molar refractivity (Wildman–Crippen MR) is 145 cm³/mol. The van der Waals surface area contributed by atoms with Gasteiger partial charge in [-0.25, -0.2) is 4.39 Å². The van der Waals surface area contributed by atoms with E-state index in [1.807, 2.05) is 42.6 Å². The van der Waals surface area contributed by atoms with Gasteiger partial charge in [0.25, 0.3) is 5.91 Å². The monoisotopic (exact) mass is 513 g/mol. The van der Waals surface area contributed by atoms with Gasteiger partial charge in [-0.15, -0.1) is 0 Å². The number of aromatic nitrogens is 3. The van der Waals surface area contributed by atoms with Crippen molar-refractivity contribution in [2.75, 3.05) is 13.1 Å². The van der Waals surface area contributed by atoms with E-state index in [-0.39, 0.29) is 11.9 Å². The van der Waals surface area contributed by atoms with Gasteiger partial charge in [0.2, 0.25) is 0 Å². The summed E-state index contributed by atoms with van der Waals surface area (Å²) in [6, 6.07) is 14.8. The van der Waals surface area contributed by atoms with Crippen molar-refractivity contribution in [3.63, 3.8) is 0 Å². The maximum atomic E-state index is 13.9. The van der Waals surface area contributed by atoms with Crippen LogP contribution in [0.2, 0.25) is 0 Å². The van der Waals surface area contributed by atoms with Crippen molar-refractivity contribution in [3.8, 4) is 0 Å². The summed E-state index contributed by atoms with van der Waals surface area (Å²) in [4.78, 5) is 21.4. The zero-order valence-electron chi connectivity index (χ0n) is 20.4. The number of fused-ring (bicyclic) bond motifs is 1. The number of nitrogens with zero attached hydrogens (tertiary/aromatic N) is 3. The number of carbonyl (C=O) groups excluding carboxylic acids is 1. The molecular formula is C29H28FN5OS. The lowest BCUT2D eigenvalue weighted by molar-refractivity contribution is 0.0947. The van der Waals surface area contributed by atoms with E-state index in [1.165, 1.54) is 55.4 Å². The van der Waals surface area contributed by atoms with Gasteiger partial charge in [-0.2, -0.15) is 5.10 Å². The predicted octanol–water partition coefficient (Wildman–Crippen LogP) is 5.91. The van der Waals surface area contributed by atoms with Gasteiger partial charge in [0.05, 0.1) is 22.5 Å². The van der Waals surface area contributed by atoms with Gasteiger partial charge in [0.15, 0.2) is 0 Å². The van der Waals surface area contributed by atoms with Crippen molar-refractivity contribution in [2.24, 2.45) is 0 Å². The van der Waals surface area contributed by atoms with Gasteiger partial charge in [-0.05, 0) is 99.0 Å². The van der Waals surface area contributed by atoms with Gasteiger partial charge >= 0.3 is 0 Å². The van der Waals surface area contributed by atoms with Crippen molar-refractivity contribution < 1.29 is 9.18 Å². The average molecular weight is 514 g/mol. The van der Waals surface area contributed by atoms with Crippen LogP contribution in [0.4, 0.5) is 4.39 Å². The average Bonchev–Trinajstić information content (AvgIpc) is 3.40. The third-order valence-corrected chi connectivity index (χ3v) is 7.82. The minimum absolute atomic E-state index is 0.213. The molecule has 0 atom stereocenters. The van der Waals surface area contributed by atoms with E-state index in [2.05, 4.69) is 31.5 Å². The molecule has 0 spiro atoms. The highest BCUT2D eigenvalue weighted by atomic mass is 32.2. The zero-order valence-corrected chi connectivity index (χ0v) is 21.2. The van der Waals surface area contributed by atoms with Crippen LogP contribution in [0.5, 0.6) is 0 Å². The Labute approximate surface area is 219 Å². The number of carbonyl (C=O) groups is 1. The Kier molecular flexibility index (Phi) is 6.76. The molecule has 2 aromatic carbocycles. The molecule has 6 rings (SSSR count). The van der Waals surface area contributed by atoms with Gasteiger partial charge in [-0.1, -0.05) is 17.8 Å². The highest BCUT2D eigenvalue weighted by Gasteiger charge is 2.25. The fraction of sp³-hybridized carbons (Fsp3) is 0.276. The zero-order chi connectivity index (χ0) is 25.2. The second-order valence-corrected chi connectivity index (χ2v) is 10.8. The lowest BCUT2D eigenvalue weighted by Gasteiger charge is -2.13. The van der Waals surface area contributed by atoms with Crippen molar-refractivity contribution in [3.05, 3.63) is 83.1 Å². The molecule has 0 bridgehead atoms. The van der Waals surface area contributed by atoms with Crippen LogP contribution >= 0.6 is 11.8 Å². The maximum absolute atomic E-state index is 13.9. The summed E-state index contributed by atoms with van der Waals surface area (Å²) in [5, 5.41) is 11.5. The Bertz CT molecular complexity index is 1460. The summed E-state index contributed by atoms with van der Waals surface area (Å²) >= 11 is 1.44. The van der Waals surface area contributed by atoms with E-state index in [9.17, 15) is 9.18 Å². The molecule has 8 heteroatoms. The first kappa shape index (κ1) is 23.9. The van der Waals surface area contributed by atoms with Crippen molar-refractivity contribution in [1.29, 1.82) is 0 Å². The molecule has 3 heterocycles. The number of aromatic amines is 1. The Hall–Kier alpha value is -3.49. The molecule has 2 fully saturated rings. The Balaban J connectivity index is 1.16. The summed E-state index contributed by atoms with van der Waals surface area (Å²) in [6.45, 7) is 3.32. The second-order valence-electron chi connectivity index (χ2n) is 9.71. The molecule has 1 amide bonds. The molecule has 2 aliphatic rings. The highest BCUT2D eigenvalue weighted by molar-refractivity contribution is 7.99. The number of rotatable bonds is 8. The number of amides is 1. The SMILES string of the molecule is O=C(NC1CC1)c1cc(F)ccc1Sc1ccc2c(/C=C/c3ccc(CN4CCCC4)cn3)n[nH]c2c1. The largest absolute Gasteiger partial charge is 0.349 e. The molecule has 1 saturated heterocycles. The first-order valence-corrected chi connectivity index (χ1v) is 13.5. The third-order valence-electron chi connectivity index (χ3n) is 6.75. The molecule has 4 aromatic rings. The van der Waals surface area contributed by atoms with Crippen LogP contribution < -0.4 is 5.32 Å². The highest BCUT2D eigenvalue weighted by Crippen LogP contribution is 2.34. The number of H-pyrrole nitrogens is 1. The molecular weight excluding hydrogens is 485 g/mol. The van der Waals surface area contributed by atoms with E-state index in [0.717, 1.165) is 51.5 Å². The molecule has 0 unspecified atom stereocenters. The first-order valence-electron chi connectivity index (χ1n) is 12.7. The van der Waals surface area contributed by atoms with Gasteiger partial charge in [0, 0.05) is 34.0 Å². The van der Waals surface area contributed by atoms with Crippen molar-refractivity contribution in [2.45, 2.75) is 48.1 Å². The number of hydrogen-bond donors (Lipinski definition) is 2. The summed E-state index contributed by atoms with van der Waals surface area (Å²) in [6.07, 6.45) is 10.4. The van der Waals surface area contributed by atoms with Crippen LogP contribution in [0, 0.1) is 5.82 Å². The molecule has 188 valence electrons. The Morgan fingerprint density at radius 3 is 2.76 bits per heavy atom. The molecule has 2 aromatic heterocycles. The van der Waals surface area contributed by atoms with Gasteiger partial charge in [0.1, 0.15) is 5.82 Å². The first-order chi connectivity index (χ1) is 18.1. The van der Waals surface area contributed by atoms with Gasteiger partial charge < -0.3 is 5.32 Å². The quantitative estimate of drug-likeness (QED) is 0.307. The fourth-order valence-electron chi connectivity index (χ4n) is 4.59. The lowest BCUT2D eigenvalue weighted by Crippen LogP contribution is -2.26. The van der Waals surface area contributed by atoms with E-state index < -0.39 is 5.82 Å². The molecule has 6 nitrogen and oxygen atoms in total. The number of pyridine rings is 1. The molecule has 1 saturated carbocycles. The fourth-order valence-corrected chi connectivity index (χ4v) is 5.55. The molecule has 1 aliphatic carbocycles. The van der Waals surface area contributed by atoms with Crippen LogP contribution in [-0.4, -0.2) is 45.1 Å². The molecule has 0 radical (unpaired) electrons. The topological polar surface area (TPSA) is 73.9 Å². The van der Waals surface area contributed by atoms with E-state index >= 15 is 0 Å². The summed E-state index contributed by atoms with van der Waals surface area (Å²) in [7, 11) is 0. The van der Waals surface area contributed by atoms with Crippen molar-refractivity contribution in [1.82, 2.24) is 25.4 Å². The van der Waals surface area contributed by atoms with Gasteiger partial charge in [-0.3, -0.25) is 19.8 Å². The van der Waals surface area contributed by atoms with E-state index in [4.69, 9.17) is 0 Å². The Morgan fingerprint density at radius 1 is 1.11 bits per heavy atom. The number of nitrogens with one attached hydrogen (secondary N) is 2. The molecule has 37 heavy (non-hydrogen) atoms. The molecule has 2 N–H and O–H groups in total. The summed E-state index contributed by atoms with van der Waals surface area (Å²) in [5.41, 5.74) is 4.22. The van der Waals surface area contributed by atoms with E-state index in [1.54, 1.807) is 6.07 Å². The van der Waals surface area contributed by atoms with Crippen LogP contribution in [-0.2, 0) is 6.54 Å². The van der Waals surface area contributed by atoms with E-state index in [0.29, 0.717) is 5.56 Å². The van der Waals surface area contributed by atoms with Crippen LogP contribution in [0.3, 0.4) is 0 Å². The van der Waals surface area contributed by atoms with Crippen molar-refractivity contribution >= 4 is 40.7 Å². The number of likely N-dealkylation sites (tertiary alicyclic amines) is 1. The molecule has 1 aliphatic heterocycles. The standard InChI is InChI=1S/C29H28FN5OS/c30-20-4-12-28(25(15-20)29(36)32-22-6-7-22)37-23-9-10-24-26(33-34-27(24)16-23)11-8-21-5-3-19(17-31-21)18-35-13-1-2-14-35/h3-5,8-12,15-17,22H,1-2,6-7,13-14,18H2,(H,32,36)(H,33,34)/b11-8+. The minimum atomic E-state index is -0.415. The normalized spacial score (nSPS) is 16.1. The third kappa shape index (κ3) is 5.76. The number of hydrogen-bond acceptors (Lipinski definition) is 5. The minimum Gasteiger partial charge on any atom is -0.349 e.